The predicted octanol–water partition coefficient (Wildman–Crippen LogP) is 0.654. The molecule has 5 nitrogen and oxygen atoms in total. The van der Waals surface area contributed by atoms with E-state index in [1.807, 2.05) is 0 Å². The Morgan fingerprint density at radius 3 is 3.07 bits per heavy atom. The number of carboxylic acid groups (broad SMARTS) is 1. The smallest absolute Gasteiger partial charge is 0.371 e. The molecule has 0 aromatic carbocycles. The van der Waals surface area contributed by atoms with E-state index in [1.165, 1.54) is 6.07 Å². The lowest BCUT2D eigenvalue weighted by Gasteiger charge is -1.95. The van der Waals surface area contributed by atoms with Crippen LogP contribution in [0.4, 0.5) is 0 Å². The zero-order chi connectivity index (χ0) is 10.1. The van der Waals surface area contributed by atoms with Crippen molar-refractivity contribution in [1.29, 1.82) is 0 Å². The van der Waals surface area contributed by atoms with Crippen molar-refractivity contribution in [1.82, 2.24) is 5.32 Å². The van der Waals surface area contributed by atoms with Gasteiger partial charge >= 0.3 is 5.97 Å². The monoisotopic (exact) mass is 195 g/mol. The van der Waals surface area contributed by atoms with Crippen molar-refractivity contribution in [3.63, 3.8) is 0 Å². The van der Waals surface area contributed by atoms with Crippen LogP contribution in [-0.4, -0.2) is 23.5 Å². The van der Waals surface area contributed by atoms with Crippen LogP contribution in [0.25, 0.3) is 0 Å². The van der Waals surface area contributed by atoms with E-state index in [4.69, 9.17) is 9.52 Å². The van der Waals surface area contributed by atoms with Crippen LogP contribution in [0, 0.1) is 0 Å². The SMILES string of the molecule is O=C(O)c1cc2c(o1)CCCNC2=O. The Bertz CT molecular complexity index is 394. The molecule has 0 bridgehead atoms. The Labute approximate surface area is 79.7 Å². The van der Waals surface area contributed by atoms with E-state index in [9.17, 15) is 9.59 Å². The second-order valence-corrected chi connectivity index (χ2v) is 3.11. The Balaban J connectivity index is 2.44. The largest absolute Gasteiger partial charge is 0.475 e. The van der Waals surface area contributed by atoms with E-state index in [-0.39, 0.29) is 11.7 Å². The quantitative estimate of drug-likeness (QED) is 0.689. The van der Waals surface area contributed by atoms with Crippen LogP contribution in [0.3, 0.4) is 0 Å². The van der Waals surface area contributed by atoms with Crippen molar-refractivity contribution < 1.29 is 19.1 Å². The summed E-state index contributed by atoms with van der Waals surface area (Å²) in [5.74, 6) is -1.11. The standard InChI is InChI=1S/C9H9NO4/c11-8-5-4-7(9(12)13)14-6(5)2-1-3-10-8/h4H,1-3H2,(H,10,11)(H,12,13). The van der Waals surface area contributed by atoms with Gasteiger partial charge in [-0.1, -0.05) is 0 Å². The zero-order valence-corrected chi connectivity index (χ0v) is 7.37. The lowest BCUT2D eigenvalue weighted by Crippen LogP contribution is -2.22. The summed E-state index contributed by atoms with van der Waals surface area (Å²) in [4.78, 5) is 22.0. The van der Waals surface area contributed by atoms with Gasteiger partial charge in [0.25, 0.3) is 5.91 Å². The highest BCUT2D eigenvalue weighted by molar-refractivity contribution is 5.98. The number of rotatable bonds is 1. The average Bonchev–Trinajstić information content (AvgIpc) is 2.49. The third-order valence-electron chi connectivity index (χ3n) is 2.13. The average molecular weight is 195 g/mol. The van der Waals surface area contributed by atoms with Crippen molar-refractivity contribution in [2.45, 2.75) is 12.8 Å². The molecule has 2 N–H and O–H groups in total. The summed E-state index contributed by atoms with van der Waals surface area (Å²) in [5.41, 5.74) is 0.347. The summed E-state index contributed by atoms with van der Waals surface area (Å²) >= 11 is 0. The van der Waals surface area contributed by atoms with E-state index in [1.54, 1.807) is 0 Å². The first-order chi connectivity index (χ1) is 6.68. The summed E-state index contributed by atoms with van der Waals surface area (Å²) in [5, 5.41) is 11.3. The van der Waals surface area contributed by atoms with Gasteiger partial charge < -0.3 is 14.8 Å². The Hall–Kier alpha value is -1.78. The van der Waals surface area contributed by atoms with Gasteiger partial charge in [-0.05, 0) is 6.42 Å². The molecule has 0 aliphatic carbocycles. The maximum Gasteiger partial charge on any atom is 0.371 e. The number of furan rings is 1. The maximum atomic E-state index is 11.4. The molecule has 0 saturated carbocycles. The molecule has 1 aliphatic heterocycles. The third-order valence-corrected chi connectivity index (χ3v) is 2.13. The molecule has 2 rings (SSSR count). The van der Waals surface area contributed by atoms with E-state index >= 15 is 0 Å². The number of amides is 1. The molecule has 1 aromatic heterocycles. The number of carbonyl (C=O) groups excluding carboxylic acids is 1. The Morgan fingerprint density at radius 2 is 2.36 bits per heavy atom. The minimum absolute atomic E-state index is 0.174. The molecule has 1 aliphatic rings. The van der Waals surface area contributed by atoms with Gasteiger partial charge in [0.15, 0.2) is 0 Å². The molecule has 1 amide bonds. The first-order valence-electron chi connectivity index (χ1n) is 4.32. The fourth-order valence-electron chi connectivity index (χ4n) is 1.46. The molecule has 5 heteroatoms. The maximum absolute atomic E-state index is 11.4. The van der Waals surface area contributed by atoms with Crippen LogP contribution in [0.1, 0.15) is 33.1 Å². The zero-order valence-electron chi connectivity index (χ0n) is 7.37. The number of aryl methyl sites for hydroxylation is 1. The minimum atomic E-state index is -1.15. The first-order valence-corrected chi connectivity index (χ1v) is 4.32. The number of carboxylic acids is 1. The Morgan fingerprint density at radius 1 is 1.57 bits per heavy atom. The summed E-state index contributed by atoms with van der Waals surface area (Å²) in [6, 6.07) is 1.28. The number of hydrogen-bond donors (Lipinski definition) is 2. The van der Waals surface area contributed by atoms with E-state index in [2.05, 4.69) is 5.32 Å². The van der Waals surface area contributed by atoms with Gasteiger partial charge in [0.05, 0.1) is 5.56 Å². The number of aromatic carboxylic acids is 1. The highest BCUT2D eigenvalue weighted by atomic mass is 16.4. The first kappa shape index (κ1) is 8.80. The van der Waals surface area contributed by atoms with Crippen molar-refractivity contribution >= 4 is 11.9 Å². The van der Waals surface area contributed by atoms with E-state index in [0.29, 0.717) is 24.3 Å². The van der Waals surface area contributed by atoms with Gasteiger partial charge in [0, 0.05) is 19.0 Å². The van der Waals surface area contributed by atoms with Gasteiger partial charge in [-0.2, -0.15) is 0 Å². The van der Waals surface area contributed by atoms with Gasteiger partial charge in [0.1, 0.15) is 5.76 Å². The molecule has 0 unspecified atom stereocenters. The van der Waals surface area contributed by atoms with Crippen LogP contribution in [0.5, 0.6) is 0 Å². The lowest BCUT2D eigenvalue weighted by atomic mass is 10.2. The lowest BCUT2D eigenvalue weighted by molar-refractivity contribution is 0.0660. The van der Waals surface area contributed by atoms with Crippen LogP contribution < -0.4 is 5.32 Å². The molecule has 0 fully saturated rings. The number of hydrogen-bond acceptors (Lipinski definition) is 3. The van der Waals surface area contributed by atoms with Gasteiger partial charge in [-0.3, -0.25) is 4.79 Å². The normalized spacial score (nSPS) is 15.6. The van der Waals surface area contributed by atoms with Gasteiger partial charge in [-0.25, -0.2) is 4.79 Å². The molecule has 0 radical (unpaired) electrons. The molecule has 1 aromatic rings. The van der Waals surface area contributed by atoms with Gasteiger partial charge in [-0.15, -0.1) is 0 Å². The van der Waals surface area contributed by atoms with Crippen LogP contribution in [0.2, 0.25) is 0 Å². The Kier molecular flexibility index (Phi) is 1.99. The van der Waals surface area contributed by atoms with E-state index < -0.39 is 5.97 Å². The van der Waals surface area contributed by atoms with Crippen molar-refractivity contribution in [3.05, 3.63) is 23.2 Å². The van der Waals surface area contributed by atoms with E-state index in [0.717, 1.165) is 6.42 Å². The minimum Gasteiger partial charge on any atom is -0.475 e. The fraction of sp³-hybridized carbons (Fsp3) is 0.333. The molecule has 0 spiro atoms. The van der Waals surface area contributed by atoms with Crippen molar-refractivity contribution in [3.8, 4) is 0 Å². The second-order valence-electron chi connectivity index (χ2n) is 3.11. The molecule has 74 valence electrons. The third kappa shape index (κ3) is 1.37. The van der Waals surface area contributed by atoms with Crippen molar-refractivity contribution in [2.24, 2.45) is 0 Å². The predicted molar refractivity (Wildman–Crippen MR) is 46.3 cm³/mol. The molecular weight excluding hydrogens is 186 g/mol. The highest BCUT2D eigenvalue weighted by Crippen LogP contribution is 2.19. The topological polar surface area (TPSA) is 79.5 Å². The number of carbonyl (C=O) groups is 2. The van der Waals surface area contributed by atoms with Crippen LogP contribution >= 0.6 is 0 Å². The summed E-state index contributed by atoms with van der Waals surface area (Å²) in [6.45, 7) is 0.603. The second kappa shape index (κ2) is 3.17. The fourth-order valence-corrected chi connectivity index (χ4v) is 1.46. The summed E-state index contributed by atoms with van der Waals surface area (Å²) < 4.78 is 5.06. The number of fused-ring (bicyclic) bond motifs is 1. The number of nitrogens with one attached hydrogen (secondary N) is 1. The molecule has 0 saturated heterocycles. The highest BCUT2D eigenvalue weighted by Gasteiger charge is 2.22. The van der Waals surface area contributed by atoms with Crippen LogP contribution in [0.15, 0.2) is 10.5 Å². The van der Waals surface area contributed by atoms with Crippen LogP contribution in [-0.2, 0) is 6.42 Å². The molecule has 2 heterocycles. The molecule has 0 atom stereocenters. The molecule has 14 heavy (non-hydrogen) atoms. The summed E-state index contributed by atoms with van der Waals surface area (Å²) in [7, 11) is 0. The van der Waals surface area contributed by atoms with Gasteiger partial charge in [0.2, 0.25) is 5.76 Å². The summed E-state index contributed by atoms with van der Waals surface area (Å²) in [6.07, 6.45) is 1.37. The van der Waals surface area contributed by atoms with Crippen molar-refractivity contribution in [2.75, 3.05) is 6.54 Å². The molecular formula is C9H9NO4.